The summed E-state index contributed by atoms with van der Waals surface area (Å²) in [6, 6.07) is 7.96. The highest BCUT2D eigenvalue weighted by Crippen LogP contribution is 2.21. The molecule has 0 radical (unpaired) electrons. The second-order valence-electron chi connectivity index (χ2n) is 6.73. The van der Waals surface area contributed by atoms with Gasteiger partial charge in [0, 0.05) is 31.9 Å². The standard InChI is InChI=1S/C19H20FN7O/c20-15-6-4-13(5-7-15)11-16-23-18(26-25-16)24-17(28)14-3-1-10-27(12-14)19-21-8-2-9-22-19/h2,4-9,14H,1,3,10-12H2,(H2,23,24,25,26,28)/t14-/m1/s1. The van der Waals surface area contributed by atoms with E-state index in [1.807, 2.05) is 4.90 Å². The lowest BCUT2D eigenvalue weighted by Gasteiger charge is -2.31. The minimum absolute atomic E-state index is 0.118. The molecule has 1 aromatic carbocycles. The summed E-state index contributed by atoms with van der Waals surface area (Å²) >= 11 is 0. The number of aromatic nitrogens is 5. The van der Waals surface area contributed by atoms with E-state index in [1.165, 1.54) is 12.1 Å². The van der Waals surface area contributed by atoms with Gasteiger partial charge in [-0.3, -0.25) is 15.2 Å². The lowest BCUT2D eigenvalue weighted by atomic mass is 9.97. The van der Waals surface area contributed by atoms with Gasteiger partial charge in [-0.1, -0.05) is 12.1 Å². The largest absolute Gasteiger partial charge is 0.340 e. The Labute approximate surface area is 161 Å². The Morgan fingerprint density at radius 3 is 2.82 bits per heavy atom. The van der Waals surface area contributed by atoms with Crippen LogP contribution in [0.3, 0.4) is 0 Å². The number of nitrogens with one attached hydrogen (secondary N) is 2. The smallest absolute Gasteiger partial charge is 0.248 e. The summed E-state index contributed by atoms with van der Waals surface area (Å²) in [5.74, 6) is 0.904. The number of piperidine rings is 1. The topological polar surface area (TPSA) is 99.7 Å². The number of halogens is 1. The highest BCUT2D eigenvalue weighted by Gasteiger charge is 2.27. The maximum absolute atomic E-state index is 13.0. The number of nitrogens with zero attached hydrogens (tertiary/aromatic N) is 5. The van der Waals surface area contributed by atoms with E-state index in [2.05, 4.69) is 30.5 Å². The second-order valence-corrected chi connectivity index (χ2v) is 6.73. The quantitative estimate of drug-likeness (QED) is 0.703. The van der Waals surface area contributed by atoms with Crippen LogP contribution in [0.5, 0.6) is 0 Å². The van der Waals surface area contributed by atoms with Crippen molar-refractivity contribution in [3.63, 3.8) is 0 Å². The predicted octanol–water partition coefficient (Wildman–Crippen LogP) is 2.18. The monoisotopic (exact) mass is 381 g/mol. The van der Waals surface area contributed by atoms with Gasteiger partial charge < -0.3 is 4.90 Å². The molecular formula is C19H20FN7O. The van der Waals surface area contributed by atoms with Crippen LogP contribution < -0.4 is 10.2 Å². The second kappa shape index (κ2) is 8.12. The van der Waals surface area contributed by atoms with Gasteiger partial charge >= 0.3 is 0 Å². The van der Waals surface area contributed by atoms with Crippen LogP contribution in [0.15, 0.2) is 42.7 Å². The zero-order chi connectivity index (χ0) is 19.3. The summed E-state index contributed by atoms with van der Waals surface area (Å²) in [6.07, 6.45) is 5.55. The summed E-state index contributed by atoms with van der Waals surface area (Å²) in [6.45, 7) is 1.39. The number of amides is 1. The minimum Gasteiger partial charge on any atom is -0.340 e. The van der Waals surface area contributed by atoms with Gasteiger partial charge in [0.1, 0.15) is 11.6 Å². The SMILES string of the molecule is O=C(Nc1n[nH]c(Cc2ccc(F)cc2)n1)[C@@H]1CCCN(c2ncccn2)C1. The zero-order valence-electron chi connectivity index (χ0n) is 15.2. The lowest BCUT2D eigenvalue weighted by Crippen LogP contribution is -2.41. The van der Waals surface area contributed by atoms with Crippen molar-refractivity contribution in [2.75, 3.05) is 23.3 Å². The summed E-state index contributed by atoms with van der Waals surface area (Å²) in [7, 11) is 0. The molecule has 0 bridgehead atoms. The highest BCUT2D eigenvalue weighted by molar-refractivity contribution is 5.91. The molecule has 0 unspecified atom stereocenters. The third kappa shape index (κ3) is 4.30. The average Bonchev–Trinajstić information content (AvgIpc) is 3.17. The molecule has 9 heteroatoms. The van der Waals surface area contributed by atoms with Gasteiger partial charge in [-0.25, -0.2) is 14.4 Å². The Kier molecular flexibility index (Phi) is 5.22. The van der Waals surface area contributed by atoms with Crippen LogP contribution in [-0.4, -0.2) is 44.1 Å². The van der Waals surface area contributed by atoms with Crippen LogP contribution in [0.1, 0.15) is 24.2 Å². The Bertz CT molecular complexity index is 929. The van der Waals surface area contributed by atoms with Crippen LogP contribution in [0, 0.1) is 11.7 Å². The first kappa shape index (κ1) is 18.0. The Morgan fingerprint density at radius 1 is 1.25 bits per heavy atom. The summed E-state index contributed by atoms with van der Waals surface area (Å²) in [4.78, 5) is 27.5. The van der Waals surface area contributed by atoms with Crippen molar-refractivity contribution in [1.82, 2.24) is 25.1 Å². The molecule has 0 aliphatic carbocycles. The van der Waals surface area contributed by atoms with Crippen molar-refractivity contribution < 1.29 is 9.18 Å². The number of anilines is 2. The molecular weight excluding hydrogens is 361 g/mol. The summed E-state index contributed by atoms with van der Waals surface area (Å²) in [5, 5.41) is 9.65. The Hall–Kier alpha value is -3.36. The molecule has 2 N–H and O–H groups in total. The number of carbonyl (C=O) groups excluding carboxylic acids is 1. The maximum Gasteiger partial charge on any atom is 0.248 e. The fourth-order valence-electron chi connectivity index (χ4n) is 3.27. The third-order valence-electron chi connectivity index (χ3n) is 4.68. The van der Waals surface area contributed by atoms with E-state index < -0.39 is 0 Å². The fraction of sp³-hybridized carbons (Fsp3) is 0.316. The van der Waals surface area contributed by atoms with Crippen LogP contribution >= 0.6 is 0 Å². The molecule has 3 aromatic rings. The molecule has 28 heavy (non-hydrogen) atoms. The highest BCUT2D eigenvalue weighted by atomic mass is 19.1. The van der Waals surface area contributed by atoms with E-state index in [4.69, 9.17) is 0 Å². The van der Waals surface area contributed by atoms with Crippen molar-refractivity contribution in [1.29, 1.82) is 0 Å². The van der Waals surface area contributed by atoms with Crippen LogP contribution in [0.4, 0.5) is 16.3 Å². The van der Waals surface area contributed by atoms with Crippen molar-refractivity contribution in [3.05, 3.63) is 59.9 Å². The number of aromatic amines is 1. The van der Waals surface area contributed by atoms with Crippen LogP contribution in [0.2, 0.25) is 0 Å². The van der Waals surface area contributed by atoms with Crippen molar-refractivity contribution in [2.24, 2.45) is 5.92 Å². The molecule has 8 nitrogen and oxygen atoms in total. The minimum atomic E-state index is -0.281. The van der Waals surface area contributed by atoms with E-state index in [0.29, 0.717) is 24.7 Å². The van der Waals surface area contributed by atoms with Crippen molar-refractivity contribution in [2.45, 2.75) is 19.3 Å². The molecule has 4 rings (SSSR count). The summed E-state index contributed by atoms with van der Waals surface area (Å²) < 4.78 is 13.0. The van der Waals surface area contributed by atoms with Gasteiger partial charge in [-0.2, -0.15) is 4.98 Å². The molecule has 1 amide bonds. The number of H-pyrrole nitrogens is 1. The molecule has 1 aliphatic rings. The molecule has 1 atom stereocenters. The molecule has 3 heterocycles. The maximum atomic E-state index is 13.0. The molecule has 0 spiro atoms. The van der Waals surface area contributed by atoms with Gasteiger partial charge in [-0.05, 0) is 36.6 Å². The van der Waals surface area contributed by atoms with E-state index in [1.54, 1.807) is 30.6 Å². The first-order valence-corrected chi connectivity index (χ1v) is 9.16. The van der Waals surface area contributed by atoms with Gasteiger partial charge in [0.05, 0.1) is 5.92 Å². The van der Waals surface area contributed by atoms with Gasteiger partial charge in [0.2, 0.25) is 17.8 Å². The van der Waals surface area contributed by atoms with Crippen molar-refractivity contribution >= 4 is 17.8 Å². The molecule has 1 saturated heterocycles. The number of carbonyl (C=O) groups is 1. The Morgan fingerprint density at radius 2 is 2.04 bits per heavy atom. The Balaban J connectivity index is 1.36. The number of rotatable bonds is 5. The third-order valence-corrected chi connectivity index (χ3v) is 4.68. The predicted molar refractivity (Wildman–Crippen MR) is 101 cm³/mol. The van der Waals surface area contributed by atoms with Crippen molar-refractivity contribution in [3.8, 4) is 0 Å². The first-order chi connectivity index (χ1) is 13.7. The molecule has 1 aliphatic heterocycles. The summed E-state index contributed by atoms with van der Waals surface area (Å²) in [5.41, 5.74) is 0.904. The van der Waals surface area contributed by atoms with E-state index >= 15 is 0 Å². The zero-order valence-corrected chi connectivity index (χ0v) is 15.2. The molecule has 1 fully saturated rings. The van der Waals surface area contributed by atoms with Crippen LogP contribution in [-0.2, 0) is 11.2 Å². The lowest BCUT2D eigenvalue weighted by molar-refractivity contribution is -0.120. The average molecular weight is 381 g/mol. The number of hydrogen-bond acceptors (Lipinski definition) is 6. The van der Waals surface area contributed by atoms with Gasteiger partial charge in [-0.15, -0.1) is 5.10 Å². The molecule has 0 saturated carbocycles. The van der Waals surface area contributed by atoms with E-state index in [-0.39, 0.29) is 23.6 Å². The fourth-order valence-corrected chi connectivity index (χ4v) is 3.27. The number of hydrogen-bond donors (Lipinski definition) is 2. The van der Waals surface area contributed by atoms with Gasteiger partial charge in [0.25, 0.3) is 0 Å². The van der Waals surface area contributed by atoms with Gasteiger partial charge in [0.15, 0.2) is 0 Å². The first-order valence-electron chi connectivity index (χ1n) is 9.16. The van der Waals surface area contributed by atoms with E-state index in [9.17, 15) is 9.18 Å². The normalized spacial score (nSPS) is 16.8. The number of benzene rings is 1. The molecule has 144 valence electrons. The van der Waals surface area contributed by atoms with E-state index in [0.717, 1.165) is 24.9 Å². The van der Waals surface area contributed by atoms with Crippen LogP contribution in [0.25, 0.3) is 0 Å². The molecule has 2 aromatic heterocycles.